The normalized spacial score (nSPS) is 23.4. The molecule has 0 unspecified atom stereocenters. The molecule has 0 radical (unpaired) electrons. The summed E-state index contributed by atoms with van der Waals surface area (Å²) in [5.41, 5.74) is 1.54. The predicted octanol–water partition coefficient (Wildman–Crippen LogP) is 3.64. The van der Waals surface area contributed by atoms with Gasteiger partial charge in [0, 0.05) is 25.2 Å². The van der Waals surface area contributed by atoms with Crippen molar-refractivity contribution in [1.29, 1.82) is 0 Å². The van der Waals surface area contributed by atoms with Gasteiger partial charge in [0.05, 0.1) is 11.9 Å². The van der Waals surface area contributed by atoms with E-state index in [1.165, 1.54) is 6.07 Å². The number of hydrogen-bond donors (Lipinski definition) is 0. The molecule has 2 aliphatic carbocycles. The lowest BCUT2D eigenvalue weighted by Gasteiger charge is -2.29. The van der Waals surface area contributed by atoms with Crippen molar-refractivity contribution in [2.24, 2.45) is 13.0 Å². The fourth-order valence-electron chi connectivity index (χ4n) is 3.95. The lowest BCUT2D eigenvalue weighted by atomic mass is 10.1. The second kappa shape index (κ2) is 6.04. The van der Waals surface area contributed by atoms with Gasteiger partial charge in [-0.15, -0.1) is 0 Å². The summed E-state index contributed by atoms with van der Waals surface area (Å²) in [5.74, 6) is -0.0616. The van der Waals surface area contributed by atoms with Crippen molar-refractivity contribution in [3.8, 4) is 0 Å². The number of carbonyl (C=O) groups is 1. The van der Waals surface area contributed by atoms with E-state index in [0.29, 0.717) is 5.69 Å². The molecule has 5 heteroatoms. The summed E-state index contributed by atoms with van der Waals surface area (Å²) in [5, 5.41) is 4.20. The zero-order valence-corrected chi connectivity index (χ0v) is 13.9. The van der Waals surface area contributed by atoms with Crippen LogP contribution in [-0.4, -0.2) is 21.7 Å². The molecule has 2 aromatic rings. The van der Waals surface area contributed by atoms with E-state index < -0.39 is 0 Å². The molecule has 0 spiro atoms. The van der Waals surface area contributed by atoms with Gasteiger partial charge in [0.1, 0.15) is 5.82 Å². The quantitative estimate of drug-likeness (QED) is 0.860. The van der Waals surface area contributed by atoms with Gasteiger partial charge in [0.2, 0.25) is 5.91 Å². The molecule has 24 heavy (non-hydrogen) atoms. The van der Waals surface area contributed by atoms with Gasteiger partial charge in [0.15, 0.2) is 0 Å². The maximum Gasteiger partial charge on any atom is 0.231 e. The van der Waals surface area contributed by atoms with Gasteiger partial charge in [-0.05, 0) is 42.9 Å². The molecule has 2 aliphatic rings. The van der Waals surface area contributed by atoms with Gasteiger partial charge in [-0.25, -0.2) is 4.39 Å². The number of halogens is 1. The number of aryl methyl sites for hydroxylation is 1. The number of carbonyl (C=O) groups excluding carboxylic acids is 1. The second-order valence-corrected chi connectivity index (χ2v) is 6.99. The molecular formula is C19H22FN3O. The van der Waals surface area contributed by atoms with E-state index in [1.54, 1.807) is 27.8 Å². The van der Waals surface area contributed by atoms with E-state index in [9.17, 15) is 9.18 Å². The third-order valence-corrected chi connectivity index (χ3v) is 5.30. The first-order chi connectivity index (χ1) is 11.6. The molecule has 0 saturated heterocycles. The Labute approximate surface area is 141 Å². The minimum atomic E-state index is -0.309. The van der Waals surface area contributed by atoms with E-state index in [4.69, 9.17) is 0 Å². The Morgan fingerprint density at radius 2 is 2.04 bits per heavy atom. The largest absolute Gasteiger partial charge is 0.306 e. The molecule has 0 bridgehead atoms. The average Bonchev–Trinajstić information content (AvgIpc) is 2.97. The minimum absolute atomic E-state index is 0.0468. The number of nitrogens with zero attached hydrogens (tertiary/aromatic N) is 3. The Balaban J connectivity index is 1.60. The monoisotopic (exact) mass is 327 g/mol. The number of hydrogen-bond acceptors (Lipinski definition) is 2. The average molecular weight is 327 g/mol. The van der Waals surface area contributed by atoms with Gasteiger partial charge in [-0.1, -0.05) is 25.0 Å². The highest BCUT2D eigenvalue weighted by Gasteiger charge is 2.48. The van der Waals surface area contributed by atoms with Crippen LogP contribution in [0.3, 0.4) is 0 Å². The maximum absolute atomic E-state index is 14.4. The van der Waals surface area contributed by atoms with Gasteiger partial charge in [-0.3, -0.25) is 9.48 Å². The molecular weight excluding hydrogens is 305 g/mol. The highest BCUT2D eigenvalue weighted by molar-refractivity contribution is 5.98. The SMILES string of the molecule is Cn1cc([C@@H]2C[C@H]2C(=O)N(c2ccccc2F)C2CCCC2)cn1. The van der Waals surface area contributed by atoms with Crippen LogP contribution in [0.15, 0.2) is 36.7 Å². The predicted molar refractivity (Wildman–Crippen MR) is 90.2 cm³/mol. The Morgan fingerprint density at radius 1 is 1.29 bits per heavy atom. The van der Waals surface area contributed by atoms with Crippen LogP contribution in [0.25, 0.3) is 0 Å². The molecule has 4 nitrogen and oxygen atoms in total. The molecule has 2 saturated carbocycles. The number of anilines is 1. The van der Waals surface area contributed by atoms with Crippen LogP contribution in [0.5, 0.6) is 0 Å². The number of rotatable bonds is 4. The number of benzene rings is 1. The summed E-state index contributed by atoms with van der Waals surface area (Å²) in [6.07, 6.45) is 8.79. The lowest BCUT2D eigenvalue weighted by Crippen LogP contribution is -2.40. The van der Waals surface area contributed by atoms with Gasteiger partial charge >= 0.3 is 0 Å². The zero-order valence-electron chi connectivity index (χ0n) is 13.9. The highest BCUT2D eigenvalue weighted by atomic mass is 19.1. The first-order valence-corrected chi connectivity index (χ1v) is 8.71. The molecule has 0 N–H and O–H groups in total. The van der Waals surface area contributed by atoms with Crippen molar-refractivity contribution in [1.82, 2.24) is 9.78 Å². The van der Waals surface area contributed by atoms with Crippen molar-refractivity contribution in [2.45, 2.75) is 44.1 Å². The zero-order chi connectivity index (χ0) is 16.7. The Kier molecular flexibility index (Phi) is 3.87. The van der Waals surface area contributed by atoms with E-state index in [0.717, 1.165) is 37.7 Å². The molecule has 1 heterocycles. The number of aromatic nitrogens is 2. The van der Waals surface area contributed by atoms with Crippen molar-refractivity contribution in [2.75, 3.05) is 4.90 Å². The van der Waals surface area contributed by atoms with Crippen LogP contribution in [-0.2, 0) is 11.8 Å². The summed E-state index contributed by atoms with van der Waals surface area (Å²) < 4.78 is 16.1. The Bertz CT molecular complexity index is 751. The smallest absolute Gasteiger partial charge is 0.231 e. The van der Waals surface area contributed by atoms with Crippen LogP contribution in [0, 0.1) is 11.7 Å². The van der Waals surface area contributed by atoms with E-state index in [2.05, 4.69) is 5.10 Å². The summed E-state index contributed by atoms with van der Waals surface area (Å²) in [6, 6.07) is 6.78. The van der Waals surface area contributed by atoms with Crippen LogP contribution >= 0.6 is 0 Å². The molecule has 1 amide bonds. The second-order valence-electron chi connectivity index (χ2n) is 6.99. The minimum Gasteiger partial charge on any atom is -0.306 e. The molecule has 2 atom stereocenters. The van der Waals surface area contributed by atoms with Gasteiger partial charge < -0.3 is 4.90 Å². The Hall–Kier alpha value is -2.17. The first kappa shape index (κ1) is 15.4. The molecule has 126 valence electrons. The van der Waals surface area contributed by atoms with Crippen molar-refractivity contribution >= 4 is 11.6 Å². The van der Waals surface area contributed by atoms with Crippen molar-refractivity contribution in [3.63, 3.8) is 0 Å². The van der Waals surface area contributed by atoms with Gasteiger partial charge in [0.25, 0.3) is 0 Å². The van der Waals surface area contributed by atoms with Crippen molar-refractivity contribution < 1.29 is 9.18 Å². The fraction of sp³-hybridized carbons (Fsp3) is 0.474. The number of amides is 1. The molecule has 1 aromatic carbocycles. The van der Waals surface area contributed by atoms with E-state index in [-0.39, 0.29) is 29.6 Å². The summed E-state index contributed by atoms with van der Waals surface area (Å²) in [7, 11) is 1.88. The van der Waals surface area contributed by atoms with Crippen molar-refractivity contribution in [3.05, 3.63) is 48.0 Å². The standard InChI is InChI=1S/C19H22FN3O/c1-22-12-13(11-21-22)15-10-16(15)19(24)23(14-6-2-3-7-14)18-9-5-4-8-17(18)20/h4-5,8-9,11-12,14-16H,2-3,6-7,10H2,1H3/t15-,16+/m0/s1. The van der Waals surface area contributed by atoms with E-state index >= 15 is 0 Å². The lowest BCUT2D eigenvalue weighted by molar-refractivity contribution is -0.120. The van der Waals surface area contributed by atoms with E-state index in [1.807, 2.05) is 19.4 Å². The summed E-state index contributed by atoms with van der Waals surface area (Å²) in [6.45, 7) is 0. The summed E-state index contributed by atoms with van der Waals surface area (Å²) >= 11 is 0. The Morgan fingerprint density at radius 3 is 2.71 bits per heavy atom. The topological polar surface area (TPSA) is 38.1 Å². The molecule has 4 rings (SSSR count). The molecule has 2 fully saturated rings. The molecule has 1 aromatic heterocycles. The van der Waals surface area contributed by atoms with Crippen LogP contribution < -0.4 is 4.90 Å². The maximum atomic E-state index is 14.4. The fourth-order valence-corrected chi connectivity index (χ4v) is 3.95. The summed E-state index contributed by atoms with van der Waals surface area (Å²) in [4.78, 5) is 14.9. The third kappa shape index (κ3) is 2.72. The van der Waals surface area contributed by atoms with Crippen LogP contribution in [0.4, 0.5) is 10.1 Å². The first-order valence-electron chi connectivity index (χ1n) is 8.71. The third-order valence-electron chi connectivity index (χ3n) is 5.30. The highest BCUT2D eigenvalue weighted by Crippen LogP contribution is 2.49. The van der Waals surface area contributed by atoms with Gasteiger partial charge in [-0.2, -0.15) is 5.10 Å². The number of para-hydroxylation sites is 1. The molecule has 0 aliphatic heterocycles. The van der Waals surface area contributed by atoms with Crippen LogP contribution in [0.2, 0.25) is 0 Å². The van der Waals surface area contributed by atoms with Crippen LogP contribution in [0.1, 0.15) is 43.6 Å².